The quantitative estimate of drug-likeness (QED) is 0.570. The molecule has 0 fully saturated rings. The second kappa shape index (κ2) is 5.30. The van der Waals surface area contributed by atoms with E-state index in [0.29, 0.717) is 12.0 Å². The van der Waals surface area contributed by atoms with Crippen molar-refractivity contribution in [2.75, 3.05) is 0 Å². The van der Waals surface area contributed by atoms with Crippen LogP contribution in [0.1, 0.15) is 27.2 Å². The van der Waals surface area contributed by atoms with Crippen LogP contribution in [0.25, 0.3) is 0 Å². The summed E-state index contributed by atoms with van der Waals surface area (Å²) in [6.45, 7) is 10.1. The fourth-order valence-corrected chi connectivity index (χ4v) is 0.906. The number of hydrazine groups is 1. The molecule has 0 rings (SSSR count). The summed E-state index contributed by atoms with van der Waals surface area (Å²) in [6, 6.07) is 0.540. The molecule has 0 bridgehead atoms. The Bertz CT molecular complexity index is 89.3. The van der Waals surface area contributed by atoms with Crippen LogP contribution in [0.3, 0.4) is 0 Å². The van der Waals surface area contributed by atoms with Crippen molar-refractivity contribution in [1.29, 1.82) is 0 Å². The van der Waals surface area contributed by atoms with E-state index in [0.717, 1.165) is 6.42 Å². The van der Waals surface area contributed by atoms with E-state index in [9.17, 15) is 0 Å². The first-order valence-electron chi connectivity index (χ1n) is 3.84. The van der Waals surface area contributed by atoms with E-state index in [1.807, 2.05) is 0 Å². The molecular formula is C8H18N2. The van der Waals surface area contributed by atoms with Gasteiger partial charge in [0.05, 0.1) is 0 Å². The molecule has 0 aliphatic rings. The lowest BCUT2D eigenvalue weighted by Gasteiger charge is -2.19. The topological polar surface area (TPSA) is 24.1 Å². The Balaban J connectivity index is 3.49. The van der Waals surface area contributed by atoms with Crippen molar-refractivity contribution < 1.29 is 0 Å². The molecule has 0 saturated carbocycles. The van der Waals surface area contributed by atoms with Gasteiger partial charge in [0, 0.05) is 12.2 Å². The SMILES string of the molecule is C=CNNC(CC)C(C)C. The van der Waals surface area contributed by atoms with Crippen LogP contribution >= 0.6 is 0 Å². The van der Waals surface area contributed by atoms with Crippen LogP contribution < -0.4 is 10.9 Å². The van der Waals surface area contributed by atoms with Crippen molar-refractivity contribution in [3.05, 3.63) is 12.8 Å². The molecule has 1 atom stereocenters. The first kappa shape index (κ1) is 9.50. The van der Waals surface area contributed by atoms with Gasteiger partial charge in [0.1, 0.15) is 0 Å². The van der Waals surface area contributed by atoms with E-state index in [4.69, 9.17) is 0 Å². The maximum absolute atomic E-state index is 3.55. The minimum absolute atomic E-state index is 0.540. The lowest BCUT2D eigenvalue weighted by molar-refractivity contribution is 0.366. The van der Waals surface area contributed by atoms with E-state index in [1.54, 1.807) is 6.20 Å². The highest BCUT2D eigenvalue weighted by Gasteiger charge is 2.07. The molecule has 2 nitrogen and oxygen atoms in total. The van der Waals surface area contributed by atoms with Crippen LogP contribution in [0.4, 0.5) is 0 Å². The standard InChI is InChI=1S/C8H18N2/c1-5-8(7(3)4)10-9-6-2/h6-10H,2,5H2,1,3-4H3. The molecule has 0 radical (unpaired) electrons. The van der Waals surface area contributed by atoms with Gasteiger partial charge in [0.25, 0.3) is 0 Å². The summed E-state index contributed by atoms with van der Waals surface area (Å²) >= 11 is 0. The second-order valence-electron chi connectivity index (χ2n) is 2.75. The summed E-state index contributed by atoms with van der Waals surface area (Å²) < 4.78 is 0. The Morgan fingerprint density at radius 3 is 2.40 bits per heavy atom. The van der Waals surface area contributed by atoms with Gasteiger partial charge in [-0.3, -0.25) is 0 Å². The average Bonchev–Trinajstić information content (AvgIpc) is 1.89. The van der Waals surface area contributed by atoms with Crippen molar-refractivity contribution >= 4 is 0 Å². The summed E-state index contributed by atoms with van der Waals surface area (Å²) in [6.07, 6.45) is 2.80. The van der Waals surface area contributed by atoms with E-state index >= 15 is 0 Å². The molecule has 0 spiro atoms. The molecule has 0 aliphatic carbocycles. The monoisotopic (exact) mass is 142 g/mol. The van der Waals surface area contributed by atoms with Crippen molar-refractivity contribution in [3.63, 3.8) is 0 Å². The number of hydrogen-bond acceptors (Lipinski definition) is 2. The van der Waals surface area contributed by atoms with Crippen LogP contribution in [0.2, 0.25) is 0 Å². The molecule has 60 valence electrons. The molecule has 0 heterocycles. The highest BCUT2D eigenvalue weighted by molar-refractivity contribution is 4.68. The van der Waals surface area contributed by atoms with Crippen LogP contribution in [0, 0.1) is 5.92 Å². The van der Waals surface area contributed by atoms with Gasteiger partial charge >= 0.3 is 0 Å². The zero-order valence-corrected chi connectivity index (χ0v) is 7.15. The first-order chi connectivity index (χ1) is 4.72. The third kappa shape index (κ3) is 3.51. The molecule has 0 aromatic rings. The molecular weight excluding hydrogens is 124 g/mol. The molecule has 0 aromatic heterocycles. The van der Waals surface area contributed by atoms with Gasteiger partial charge < -0.3 is 5.43 Å². The maximum atomic E-state index is 3.55. The Kier molecular flexibility index (Phi) is 5.03. The largest absolute Gasteiger partial charge is 0.329 e. The highest BCUT2D eigenvalue weighted by Crippen LogP contribution is 2.03. The van der Waals surface area contributed by atoms with Crippen LogP contribution in [-0.2, 0) is 0 Å². The molecule has 2 N–H and O–H groups in total. The van der Waals surface area contributed by atoms with Gasteiger partial charge in [-0.25, -0.2) is 5.43 Å². The zero-order chi connectivity index (χ0) is 7.98. The summed E-state index contributed by atoms with van der Waals surface area (Å²) in [5, 5.41) is 0. The van der Waals surface area contributed by atoms with Crippen molar-refractivity contribution in [3.8, 4) is 0 Å². The molecule has 2 heteroatoms. The Morgan fingerprint density at radius 2 is 2.10 bits per heavy atom. The van der Waals surface area contributed by atoms with Gasteiger partial charge in [0.2, 0.25) is 0 Å². The normalized spacial score (nSPS) is 13.2. The van der Waals surface area contributed by atoms with E-state index in [1.165, 1.54) is 0 Å². The first-order valence-corrected chi connectivity index (χ1v) is 3.84. The van der Waals surface area contributed by atoms with Gasteiger partial charge in [-0.05, 0) is 12.3 Å². The van der Waals surface area contributed by atoms with Crippen molar-refractivity contribution in [2.45, 2.75) is 33.2 Å². The second-order valence-corrected chi connectivity index (χ2v) is 2.75. The lowest BCUT2D eigenvalue weighted by Crippen LogP contribution is -2.40. The maximum Gasteiger partial charge on any atom is 0.0280 e. The number of rotatable bonds is 5. The Morgan fingerprint density at radius 1 is 1.50 bits per heavy atom. The molecule has 1 unspecified atom stereocenters. The summed E-state index contributed by atoms with van der Waals surface area (Å²) in [5.74, 6) is 0.664. The molecule has 0 amide bonds. The number of hydrogen-bond donors (Lipinski definition) is 2. The molecule has 0 aliphatic heterocycles. The fraction of sp³-hybridized carbons (Fsp3) is 0.750. The van der Waals surface area contributed by atoms with E-state index < -0.39 is 0 Å². The van der Waals surface area contributed by atoms with Crippen LogP contribution in [0.5, 0.6) is 0 Å². The molecule has 0 aromatic carbocycles. The minimum Gasteiger partial charge on any atom is -0.329 e. The average molecular weight is 142 g/mol. The molecule has 0 saturated heterocycles. The third-order valence-electron chi connectivity index (χ3n) is 1.62. The highest BCUT2D eigenvalue weighted by atomic mass is 15.4. The summed E-state index contributed by atoms with van der Waals surface area (Å²) in [4.78, 5) is 0. The van der Waals surface area contributed by atoms with Crippen molar-refractivity contribution in [1.82, 2.24) is 10.9 Å². The number of nitrogens with one attached hydrogen (secondary N) is 2. The van der Waals surface area contributed by atoms with Gasteiger partial charge in [0.15, 0.2) is 0 Å². The third-order valence-corrected chi connectivity index (χ3v) is 1.62. The smallest absolute Gasteiger partial charge is 0.0280 e. The predicted octanol–water partition coefficient (Wildman–Crippen LogP) is 1.66. The minimum atomic E-state index is 0.540. The zero-order valence-electron chi connectivity index (χ0n) is 7.15. The predicted molar refractivity (Wildman–Crippen MR) is 45.4 cm³/mol. The Hall–Kier alpha value is -0.500. The van der Waals surface area contributed by atoms with E-state index in [-0.39, 0.29) is 0 Å². The van der Waals surface area contributed by atoms with Crippen molar-refractivity contribution in [2.24, 2.45) is 5.92 Å². The van der Waals surface area contributed by atoms with Gasteiger partial charge in [-0.15, -0.1) is 0 Å². The van der Waals surface area contributed by atoms with Crippen LogP contribution in [0.15, 0.2) is 12.8 Å². The van der Waals surface area contributed by atoms with Gasteiger partial charge in [-0.2, -0.15) is 0 Å². The summed E-state index contributed by atoms with van der Waals surface area (Å²) in [7, 11) is 0. The molecule has 10 heavy (non-hydrogen) atoms. The summed E-state index contributed by atoms with van der Waals surface area (Å²) in [5.41, 5.74) is 6.04. The lowest BCUT2D eigenvalue weighted by atomic mass is 10.0. The Labute approximate surface area is 63.7 Å². The fourth-order valence-electron chi connectivity index (χ4n) is 0.906. The van der Waals surface area contributed by atoms with E-state index in [2.05, 4.69) is 38.2 Å². The van der Waals surface area contributed by atoms with Gasteiger partial charge in [-0.1, -0.05) is 27.4 Å². The van der Waals surface area contributed by atoms with Crippen LogP contribution in [-0.4, -0.2) is 6.04 Å².